The normalized spacial score (nSPS) is 18.9. The second-order valence-electron chi connectivity index (χ2n) is 6.99. The number of rotatable bonds is 2. The number of anilines is 2. The van der Waals surface area contributed by atoms with Gasteiger partial charge in [0, 0.05) is 12.0 Å². The summed E-state index contributed by atoms with van der Waals surface area (Å²) in [4.78, 5) is 20.4. The summed E-state index contributed by atoms with van der Waals surface area (Å²) in [6.07, 6.45) is 6.74. The van der Waals surface area contributed by atoms with Crippen LogP contribution in [0.1, 0.15) is 48.9 Å². The summed E-state index contributed by atoms with van der Waals surface area (Å²) >= 11 is 0. The SMILES string of the molecule is C=C.Nc1nc(N)c2cccc(C(=O)NC3CCOC3)c2n1.OC1CCCCC1. The van der Waals surface area contributed by atoms with E-state index in [0.717, 1.165) is 19.3 Å². The summed E-state index contributed by atoms with van der Waals surface area (Å²) in [5, 5.41) is 12.4. The zero-order valence-corrected chi connectivity index (χ0v) is 16.8. The minimum atomic E-state index is -0.205. The standard InChI is InChI=1S/C13H15N5O2.C6H12O.C2H4/c14-11-8-2-1-3-9(10(8)17-13(15)18-11)12(19)16-7-4-5-20-6-7;7-6-4-2-1-3-5-6;1-2/h1-3,7H,4-6H2,(H,16,19)(H4,14,15,17,18);6-7H,1-5H2;1-2H2. The third kappa shape index (κ3) is 6.40. The van der Waals surface area contributed by atoms with Gasteiger partial charge < -0.3 is 26.6 Å². The summed E-state index contributed by atoms with van der Waals surface area (Å²) in [5.41, 5.74) is 12.3. The Balaban J connectivity index is 0.000000280. The first-order valence-electron chi connectivity index (χ1n) is 9.93. The Morgan fingerprint density at radius 3 is 2.45 bits per heavy atom. The van der Waals surface area contributed by atoms with Crippen LogP contribution in [0.3, 0.4) is 0 Å². The first-order chi connectivity index (χ1) is 14.0. The van der Waals surface area contributed by atoms with Crippen molar-refractivity contribution in [3.8, 4) is 0 Å². The van der Waals surface area contributed by atoms with Gasteiger partial charge in [0.1, 0.15) is 5.82 Å². The molecule has 1 aliphatic heterocycles. The van der Waals surface area contributed by atoms with Crippen LogP contribution in [0.25, 0.3) is 10.9 Å². The van der Waals surface area contributed by atoms with Crippen molar-refractivity contribution in [2.75, 3.05) is 24.7 Å². The molecule has 0 spiro atoms. The molecule has 8 heteroatoms. The Labute approximate surface area is 171 Å². The third-order valence-electron chi connectivity index (χ3n) is 4.86. The number of aliphatic hydroxyl groups is 1. The first kappa shape index (κ1) is 22.6. The van der Waals surface area contributed by atoms with Gasteiger partial charge in [-0.3, -0.25) is 4.79 Å². The van der Waals surface area contributed by atoms with Crippen molar-refractivity contribution in [2.24, 2.45) is 0 Å². The predicted molar refractivity (Wildman–Crippen MR) is 115 cm³/mol. The van der Waals surface area contributed by atoms with Gasteiger partial charge in [0.2, 0.25) is 5.95 Å². The monoisotopic (exact) mass is 401 g/mol. The molecule has 2 fully saturated rings. The van der Waals surface area contributed by atoms with Crippen LogP contribution in [0.4, 0.5) is 11.8 Å². The van der Waals surface area contributed by atoms with Crippen molar-refractivity contribution in [3.63, 3.8) is 0 Å². The summed E-state index contributed by atoms with van der Waals surface area (Å²) in [6, 6.07) is 5.24. The van der Waals surface area contributed by atoms with Crippen LogP contribution in [0.15, 0.2) is 31.4 Å². The lowest BCUT2D eigenvalue weighted by atomic mass is 9.98. The van der Waals surface area contributed by atoms with Crippen molar-refractivity contribution < 1.29 is 14.6 Å². The van der Waals surface area contributed by atoms with Gasteiger partial charge >= 0.3 is 0 Å². The highest BCUT2D eigenvalue weighted by molar-refractivity contribution is 6.07. The number of aromatic nitrogens is 2. The molecule has 2 aromatic rings. The molecule has 1 saturated carbocycles. The minimum absolute atomic E-state index is 0.0359. The lowest BCUT2D eigenvalue weighted by molar-refractivity contribution is 0.0931. The fourth-order valence-corrected chi connectivity index (χ4v) is 3.37. The maximum atomic E-state index is 12.3. The van der Waals surface area contributed by atoms with Crippen LogP contribution in [-0.2, 0) is 4.74 Å². The Kier molecular flexibility index (Phi) is 8.82. The highest BCUT2D eigenvalue weighted by atomic mass is 16.5. The zero-order valence-electron chi connectivity index (χ0n) is 16.8. The largest absolute Gasteiger partial charge is 0.393 e. The molecule has 4 rings (SSSR count). The van der Waals surface area contributed by atoms with E-state index in [2.05, 4.69) is 28.4 Å². The van der Waals surface area contributed by atoms with Crippen molar-refractivity contribution >= 4 is 28.6 Å². The number of aliphatic hydroxyl groups excluding tert-OH is 1. The Morgan fingerprint density at radius 1 is 1.14 bits per heavy atom. The summed E-state index contributed by atoms with van der Waals surface area (Å²) in [5.74, 6) is 0.120. The van der Waals surface area contributed by atoms with Crippen molar-refractivity contribution in [1.29, 1.82) is 0 Å². The second-order valence-corrected chi connectivity index (χ2v) is 6.99. The molecule has 0 radical (unpaired) electrons. The number of fused-ring (bicyclic) bond motifs is 1. The molecular weight excluding hydrogens is 370 g/mol. The molecule has 158 valence electrons. The van der Waals surface area contributed by atoms with Crippen molar-refractivity contribution in [3.05, 3.63) is 36.9 Å². The lowest BCUT2D eigenvalue weighted by Gasteiger charge is -2.14. The Hall–Kier alpha value is -2.71. The molecule has 2 heterocycles. The first-order valence-corrected chi connectivity index (χ1v) is 9.93. The van der Waals surface area contributed by atoms with Crippen LogP contribution < -0.4 is 16.8 Å². The van der Waals surface area contributed by atoms with Crippen LogP contribution in [0.5, 0.6) is 0 Å². The van der Waals surface area contributed by atoms with Crippen molar-refractivity contribution in [1.82, 2.24) is 15.3 Å². The molecule has 1 aromatic carbocycles. The van der Waals surface area contributed by atoms with Gasteiger partial charge in [-0.15, -0.1) is 13.2 Å². The Morgan fingerprint density at radius 2 is 1.86 bits per heavy atom. The van der Waals surface area contributed by atoms with E-state index in [0.29, 0.717) is 29.7 Å². The molecule has 1 amide bonds. The topological polar surface area (TPSA) is 136 Å². The number of benzene rings is 1. The quantitative estimate of drug-likeness (QED) is 0.567. The fourth-order valence-electron chi connectivity index (χ4n) is 3.37. The van der Waals surface area contributed by atoms with Gasteiger partial charge in [-0.2, -0.15) is 4.98 Å². The second kappa shape index (κ2) is 11.3. The van der Waals surface area contributed by atoms with Gasteiger partial charge in [-0.25, -0.2) is 4.98 Å². The molecule has 1 atom stereocenters. The molecule has 6 N–H and O–H groups in total. The molecule has 1 unspecified atom stereocenters. The molecule has 8 nitrogen and oxygen atoms in total. The van der Waals surface area contributed by atoms with E-state index in [1.165, 1.54) is 19.3 Å². The number of ether oxygens (including phenoxy) is 1. The van der Waals surface area contributed by atoms with E-state index in [4.69, 9.17) is 21.3 Å². The number of hydrogen-bond acceptors (Lipinski definition) is 7. The fraction of sp³-hybridized carbons (Fsp3) is 0.476. The van der Waals surface area contributed by atoms with E-state index in [1.54, 1.807) is 18.2 Å². The molecule has 0 bridgehead atoms. The number of hydrogen-bond donors (Lipinski definition) is 4. The average molecular weight is 402 g/mol. The maximum absolute atomic E-state index is 12.3. The predicted octanol–water partition coefficient (Wildman–Crippen LogP) is 2.43. The van der Waals surface area contributed by atoms with Gasteiger partial charge in [-0.05, 0) is 31.4 Å². The van der Waals surface area contributed by atoms with E-state index in [-0.39, 0.29) is 29.8 Å². The highest BCUT2D eigenvalue weighted by Crippen LogP contribution is 2.22. The number of amides is 1. The smallest absolute Gasteiger partial charge is 0.253 e. The highest BCUT2D eigenvalue weighted by Gasteiger charge is 2.20. The molecule has 1 aliphatic carbocycles. The average Bonchev–Trinajstić information content (AvgIpc) is 3.23. The minimum Gasteiger partial charge on any atom is -0.393 e. The number of carbonyl (C=O) groups is 1. The number of para-hydroxylation sites is 1. The molecule has 1 saturated heterocycles. The summed E-state index contributed by atoms with van der Waals surface area (Å²) in [7, 11) is 0. The van der Waals surface area contributed by atoms with Gasteiger partial charge in [0.15, 0.2) is 0 Å². The number of nitrogens with one attached hydrogen (secondary N) is 1. The molecular formula is C21H31N5O3. The molecule has 29 heavy (non-hydrogen) atoms. The van der Waals surface area contributed by atoms with E-state index in [1.807, 2.05) is 0 Å². The molecule has 2 aliphatic rings. The summed E-state index contributed by atoms with van der Waals surface area (Å²) in [6.45, 7) is 7.21. The summed E-state index contributed by atoms with van der Waals surface area (Å²) < 4.78 is 5.24. The lowest BCUT2D eigenvalue weighted by Crippen LogP contribution is -2.35. The number of nitrogens with zero attached hydrogens (tertiary/aromatic N) is 2. The third-order valence-corrected chi connectivity index (χ3v) is 4.86. The maximum Gasteiger partial charge on any atom is 0.253 e. The van der Waals surface area contributed by atoms with Crippen LogP contribution in [0.2, 0.25) is 0 Å². The van der Waals surface area contributed by atoms with Crippen molar-refractivity contribution in [2.45, 2.75) is 50.7 Å². The van der Waals surface area contributed by atoms with Crippen LogP contribution >= 0.6 is 0 Å². The van der Waals surface area contributed by atoms with Gasteiger partial charge in [0.25, 0.3) is 5.91 Å². The number of carbonyl (C=O) groups excluding carboxylic acids is 1. The van der Waals surface area contributed by atoms with E-state index < -0.39 is 0 Å². The van der Waals surface area contributed by atoms with Gasteiger partial charge in [0.05, 0.1) is 29.8 Å². The van der Waals surface area contributed by atoms with Crippen LogP contribution in [0, 0.1) is 0 Å². The van der Waals surface area contributed by atoms with E-state index in [9.17, 15) is 4.79 Å². The molecule has 1 aromatic heterocycles. The van der Waals surface area contributed by atoms with Crippen LogP contribution in [-0.4, -0.2) is 46.3 Å². The zero-order chi connectivity index (χ0) is 21.2. The number of nitrogens with two attached hydrogens (primary N) is 2. The van der Waals surface area contributed by atoms with E-state index >= 15 is 0 Å². The Bertz CT molecular complexity index is 802. The van der Waals surface area contributed by atoms with Gasteiger partial charge in [-0.1, -0.05) is 25.3 Å². The number of nitrogen functional groups attached to an aromatic ring is 2.